The molecule has 4 aromatic heterocycles. The summed E-state index contributed by atoms with van der Waals surface area (Å²) in [6, 6.07) is 26.6. The number of aromatic nitrogens is 2. The van der Waals surface area contributed by atoms with Gasteiger partial charge in [-0.2, -0.15) is 0 Å². The third-order valence-corrected chi connectivity index (χ3v) is 6.98. The Morgan fingerprint density at radius 1 is 0.550 bits per heavy atom. The molecule has 7 rings (SSSR count). The molecule has 0 spiro atoms. The van der Waals surface area contributed by atoms with Gasteiger partial charge in [-0.3, -0.25) is 0 Å². The summed E-state index contributed by atoms with van der Waals surface area (Å²) in [6.45, 7) is 0.905. The Balaban J connectivity index is 1.14. The molecule has 0 saturated carbocycles. The SMILES string of the molecule is O=c1oc2ccccc2c2ccnc(NCc3cccc(CNc4nccc5c4c(=O)oc4ccccc45)c3)c12. The minimum atomic E-state index is -0.429. The highest BCUT2D eigenvalue weighted by Gasteiger charge is 2.14. The number of anilines is 2. The molecule has 0 saturated heterocycles. The molecule has 0 fully saturated rings. The maximum absolute atomic E-state index is 12.8. The Kier molecular flexibility index (Phi) is 5.70. The predicted octanol–water partition coefficient (Wildman–Crippen LogP) is 6.22. The second-order valence-electron chi connectivity index (χ2n) is 9.46. The lowest BCUT2D eigenvalue weighted by Gasteiger charge is -2.12. The molecule has 2 N–H and O–H groups in total. The number of hydrogen-bond donors (Lipinski definition) is 2. The van der Waals surface area contributed by atoms with Gasteiger partial charge in [0.05, 0.1) is 0 Å². The number of pyridine rings is 2. The second kappa shape index (κ2) is 9.67. The molecular formula is C32H22N4O4. The zero-order chi connectivity index (χ0) is 27.1. The van der Waals surface area contributed by atoms with Gasteiger partial charge in [0.1, 0.15) is 33.6 Å². The van der Waals surface area contributed by atoms with Gasteiger partial charge in [-0.25, -0.2) is 19.6 Å². The van der Waals surface area contributed by atoms with Gasteiger partial charge < -0.3 is 19.5 Å². The van der Waals surface area contributed by atoms with E-state index < -0.39 is 11.3 Å². The van der Waals surface area contributed by atoms with E-state index in [-0.39, 0.29) is 0 Å². The fraction of sp³-hybridized carbons (Fsp3) is 0.0625. The van der Waals surface area contributed by atoms with Crippen molar-refractivity contribution in [1.29, 1.82) is 0 Å². The normalized spacial score (nSPS) is 11.4. The van der Waals surface area contributed by atoms with Gasteiger partial charge in [0.2, 0.25) is 0 Å². The van der Waals surface area contributed by atoms with Crippen LogP contribution in [0.5, 0.6) is 0 Å². The summed E-state index contributed by atoms with van der Waals surface area (Å²) in [5, 5.41) is 10.8. The molecule has 0 aliphatic heterocycles. The molecule has 40 heavy (non-hydrogen) atoms. The average molecular weight is 527 g/mol. The topological polar surface area (TPSA) is 110 Å². The lowest BCUT2D eigenvalue weighted by molar-refractivity contribution is 0.569. The number of fused-ring (bicyclic) bond motifs is 6. The average Bonchev–Trinajstić information content (AvgIpc) is 2.99. The van der Waals surface area contributed by atoms with E-state index in [0.717, 1.165) is 32.7 Å². The van der Waals surface area contributed by atoms with Gasteiger partial charge in [-0.15, -0.1) is 0 Å². The molecule has 0 aliphatic rings. The van der Waals surface area contributed by atoms with E-state index in [1.165, 1.54) is 0 Å². The minimum absolute atomic E-state index is 0.424. The highest BCUT2D eigenvalue weighted by Crippen LogP contribution is 2.27. The van der Waals surface area contributed by atoms with Crippen molar-refractivity contribution in [2.75, 3.05) is 10.6 Å². The first kappa shape index (κ1) is 23.6. The Morgan fingerprint density at radius 3 is 1.52 bits per heavy atom. The van der Waals surface area contributed by atoms with Crippen LogP contribution in [0.2, 0.25) is 0 Å². The lowest BCUT2D eigenvalue weighted by atomic mass is 10.1. The summed E-state index contributed by atoms with van der Waals surface area (Å²) < 4.78 is 11.1. The van der Waals surface area contributed by atoms with E-state index in [4.69, 9.17) is 8.83 Å². The van der Waals surface area contributed by atoms with E-state index in [0.29, 0.717) is 46.7 Å². The highest BCUT2D eigenvalue weighted by molar-refractivity contribution is 6.08. The lowest BCUT2D eigenvalue weighted by Crippen LogP contribution is -2.09. The smallest absolute Gasteiger partial charge is 0.347 e. The predicted molar refractivity (Wildman–Crippen MR) is 157 cm³/mol. The molecule has 0 aliphatic carbocycles. The molecule has 3 aromatic carbocycles. The molecule has 194 valence electrons. The molecule has 0 atom stereocenters. The molecule has 4 heterocycles. The molecule has 8 heteroatoms. The highest BCUT2D eigenvalue weighted by atomic mass is 16.4. The molecule has 8 nitrogen and oxygen atoms in total. The van der Waals surface area contributed by atoms with Crippen LogP contribution in [-0.4, -0.2) is 9.97 Å². The van der Waals surface area contributed by atoms with Crippen molar-refractivity contribution in [2.24, 2.45) is 0 Å². The summed E-state index contributed by atoms with van der Waals surface area (Å²) in [5.74, 6) is 0.943. The van der Waals surface area contributed by atoms with Crippen LogP contribution < -0.4 is 21.9 Å². The number of benzene rings is 3. The van der Waals surface area contributed by atoms with Crippen LogP contribution in [0.4, 0.5) is 11.6 Å². The van der Waals surface area contributed by atoms with Crippen molar-refractivity contribution in [3.8, 4) is 0 Å². The van der Waals surface area contributed by atoms with Crippen molar-refractivity contribution >= 4 is 55.1 Å². The Hall–Kier alpha value is -5.50. The molecule has 0 unspecified atom stereocenters. The zero-order valence-corrected chi connectivity index (χ0v) is 21.2. The minimum Gasteiger partial charge on any atom is -0.422 e. The van der Waals surface area contributed by atoms with Crippen LogP contribution in [0.25, 0.3) is 43.5 Å². The number of rotatable bonds is 6. The number of nitrogens with one attached hydrogen (secondary N) is 2. The van der Waals surface area contributed by atoms with Gasteiger partial charge in [0, 0.05) is 47.0 Å². The number of para-hydroxylation sites is 2. The first-order valence-electron chi connectivity index (χ1n) is 12.8. The fourth-order valence-electron chi connectivity index (χ4n) is 5.13. The van der Waals surface area contributed by atoms with E-state index >= 15 is 0 Å². The van der Waals surface area contributed by atoms with Gasteiger partial charge in [0.15, 0.2) is 0 Å². The Bertz CT molecular complexity index is 2030. The van der Waals surface area contributed by atoms with E-state index in [1.54, 1.807) is 24.5 Å². The summed E-state index contributed by atoms with van der Waals surface area (Å²) >= 11 is 0. The first-order valence-corrected chi connectivity index (χ1v) is 12.8. The Morgan fingerprint density at radius 2 is 1.02 bits per heavy atom. The van der Waals surface area contributed by atoms with Crippen LogP contribution >= 0.6 is 0 Å². The summed E-state index contributed by atoms with van der Waals surface area (Å²) in [5.41, 5.74) is 2.23. The van der Waals surface area contributed by atoms with Crippen molar-refractivity contribution in [3.05, 3.63) is 129 Å². The van der Waals surface area contributed by atoms with Crippen LogP contribution in [0, 0.1) is 0 Å². The molecule has 0 radical (unpaired) electrons. The van der Waals surface area contributed by atoms with Crippen LogP contribution in [0.3, 0.4) is 0 Å². The fourth-order valence-corrected chi connectivity index (χ4v) is 5.13. The van der Waals surface area contributed by atoms with Gasteiger partial charge in [0.25, 0.3) is 0 Å². The van der Waals surface area contributed by atoms with E-state index in [9.17, 15) is 9.59 Å². The summed E-state index contributed by atoms with van der Waals surface area (Å²) in [4.78, 5) is 34.4. The second-order valence-corrected chi connectivity index (χ2v) is 9.46. The maximum Gasteiger partial charge on any atom is 0.347 e. The van der Waals surface area contributed by atoms with E-state index in [1.807, 2.05) is 72.8 Å². The van der Waals surface area contributed by atoms with Crippen LogP contribution in [-0.2, 0) is 13.1 Å². The monoisotopic (exact) mass is 526 g/mol. The summed E-state index contributed by atoms with van der Waals surface area (Å²) in [6.07, 6.45) is 3.38. The van der Waals surface area contributed by atoms with Crippen molar-refractivity contribution < 1.29 is 8.83 Å². The number of nitrogens with zero attached hydrogens (tertiary/aromatic N) is 2. The van der Waals surface area contributed by atoms with E-state index in [2.05, 4.69) is 20.6 Å². The number of hydrogen-bond acceptors (Lipinski definition) is 8. The quantitative estimate of drug-likeness (QED) is 0.194. The zero-order valence-electron chi connectivity index (χ0n) is 21.2. The first-order chi connectivity index (χ1) is 19.7. The molecule has 0 bridgehead atoms. The van der Waals surface area contributed by atoms with Crippen LogP contribution in [0.15, 0.2) is 116 Å². The van der Waals surface area contributed by atoms with Crippen molar-refractivity contribution in [1.82, 2.24) is 9.97 Å². The Labute approximate surface area is 226 Å². The molecule has 0 amide bonds. The third kappa shape index (κ3) is 4.12. The van der Waals surface area contributed by atoms with Crippen molar-refractivity contribution in [2.45, 2.75) is 13.1 Å². The molecule has 7 aromatic rings. The maximum atomic E-state index is 12.8. The van der Waals surface area contributed by atoms with Crippen molar-refractivity contribution in [3.63, 3.8) is 0 Å². The van der Waals surface area contributed by atoms with Gasteiger partial charge in [-0.1, -0.05) is 60.7 Å². The van der Waals surface area contributed by atoms with Crippen LogP contribution in [0.1, 0.15) is 11.1 Å². The van der Waals surface area contributed by atoms with Gasteiger partial charge in [-0.05, 0) is 35.4 Å². The van der Waals surface area contributed by atoms with Gasteiger partial charge >= 0.3 is 11.3 Å². The third-order valence-electron chi connectivity index (χ3n) is 6.98. The molecular weight excluding hydrogens is 504 g/mol. The largest absolute Gasteiger partial charge is 0.422 e. The summed E-state index contributed by atoms with van der Waals surface area (Å²) in [7, 11) is 0. The standard InChI is InChI=1S/C32H22N4O4/c37-31-27-23(21-8-1-3-10-25(21)39-31)12-14-33-29(27)35-17-19-6-5-7-20(16-19)18-36-30-28-24(13-15-34-30)22-9-2-4-11-26(22)40-32(28)38/h1-16H,17-18H2,(H,33,35)(H,34,36).